The molecule has 0 atom stereocenters. The average Bonchev–Trinajstić information content (AvgIpc) is 2.33. The molecule has 2 rings (SSSR count). The van der Waals surface area contributed by atoms with Gasteiger partial charge in [0.1, 0.15) is 0 Å². The molecule has 0 spiro atoms. The van der Waals surface area contributed by atoms with Crippen LogP contribution < -0.4 is 0 Å². The SMILES string of the molecule is Cc1cnc(C(=O)c2ccc(C)c(Cl)c2)nc1. The highest BCUT2D eigenvalue weighted by Gasteiger charge is 2.12. The smallest absolute Gasteiger partial charge is 0.230 e. The van der Waals surface area contributed by atoms with Gasteiger partial charge in [-0.25, -0.2) is 9.97 Å². The lowest BCUT2D eigenvalue weighted by Gasteiger charge is -2.02. The molecule has 17 heavy (non-hydrogen) atoms. The number of carbonyl (C=O) groups excluding carboxylic acids is 1. The number of ketones is 1. The number of benzene rings is 1. The van der Waals surface area contributed by atoms with E-state index in [0.29, 0.717) is 10.6 Å². The van der Waals surface area contributed by atoms with Gasteiger partial charge in [0.2, 0.25) is 11.6 Å². The van der Waals surface area contributed by atoms with Crippen molar-refractivity contribution < 1.29 is 4.79 Å². The molecule has 4 heteroatoms. The molecule has 0 saturated heterocycles. The third-order valence-corrected chi connectivity index (χ3v) is 2.83. The van der Waals surface area contributed by atoms with Crippen LogP contribution in [0.25, 0.3) is 0 Å². The first kappa shape index (κ1) is 11.7. The summed E-state index contributed by atoms with van der Waals surface area (Å²) < 4.78 is 0. The first-order chi connectivity index (χ1) is 8.08. The van der Waals surface area contributed by atoms with Gasteiger partial charge in [0.25, 0.3) is 0 Å². The van der Waals surface area contributed by atoms with Crippen molar-refractivity contribution in [2.24, 2.45) is 0 Å². The predicted molar refractivity (Wildman–Crippen MR) is 66.4 cm³/mol. The van der Waals surface area contributed by atoms with E-state index >= 15 is 0 Å². The van der Waals surface area contributed by atoms with Gasteiger partial charge in [-0.05, 0) is 31.0 Å². The third kappa shape index (κ3) is 2.50. The van der Waals surface area contributed by atoms with Crippen molar-refractivity contribution in [1.29, 1.82) is 0 Å². The maximum Gasteiger partial charge on any atom is 0.230 e. The summed E-state index contributed by atoms with van der Waals surface area (Å²) in [5, 5.41) is 0.572. The van der Waals surface area contributed by atoms with E-state index in [1.54, 1.807) is 24.5 Å². The van der Waals surface area contributed by atoms with E-state index in [9.17, 15) is 4.79 Å². The molecule has 0 fully saturated rings. The number of hydrogen-bond acceptors (Lipinski definition) is 3. The molecular weight excluding hydrogens is 236 g/mol. The first-order valence-corrected chi connectivity index (χ1v) is 5.55. The highest BCUT2D eigenvalue weighted by Crippen LogP contribution is 2.18. The zero-order valence-electron chi connectivity index (χ0n) is 9.57. The summed E-state index contributed by atoms with van der Waals surface area (Å²) >= 11 is 5.98. The topological polar surface area (TPSA) is 42.9 Å². The molecule has 0 amide bonds. The average molecular weight is 247 g/mol. The van der Waals surface area contributed by atoms with E-state index in [0.717, 1.165) is 11.1 Å². The molecule has 0 radical (unpaired) electrons. The van der Waals surface area contributed by atoms with Gasteiger partial charge in [-0.15, -0.1) is 0 Å². The van der Waals surface area contributed by atoms with Crippen molar-refractivity contribution in [3.63, 3.8) is 0 Å². The van der Waals surface area contributed by atoms with Gasteiger partial charge in [-0.1, -0.05) is 23.7 Å². The third-order valence-electron chi connectivity index (χ3n) is 2.42. The molecule has 1 aromatic heterocycles. The van der Waals surface area contributed by atoms with E-state index in [-0.39, 0.29) is 11.6 Å². The lowest BCUT2D eigenvalue weighted by atomic mass is 10.1. The Morgan fingerprint density at radius 3 is 2.41 bits per heavy atom. The Labute approximate surface area is 104 Å². The summed E-state index contributed by atoms with van der Waals surface area (Å²) in [6.45, 7) is 3.76. The molecule has 1 heterocycles. The Kier molecular flexibility index (Phi) is 3.20. The molecule has 1 aromatic carbocycles. The monoisotopic (exact) mass is 246 g/mol. The van der Waals surface area contributed by atoms with Gasteiger partial charge in [-0.2, -0.15) is 0 Å². The second-order valence-corrected chi connectivity index (χ2v) is 4.28. The van der Waals surface area contributed by atoms with Crippen LogP contribution in [0, 0.1) is 13.8 Å². The van der Waals surface area contributed by atoms with Crippen molar-refractivity contribution in [2.75, 3.05) is 0 Å². The molecule has 0 saturated carbocycles. The lowest BCUT2D eigenvalue weighted by molar-refractivity contribution is 0.102. The maximum atomic E-state index is 12.0. The van der Waals surface area contributed by atoms with Crippen LogP contribution in [0.2, 0.25) is 5.02 Å². The van der Waals surface area contributed by atoms with Crippen LogP contribution in [0.5, 0.6) is 0 Å². The van der Waals surface area contributed by atoms with Gasteiger partial charge in [0.05, 0.1) is 0 Å². The van der Waals surface area contributed by atoms with E-state index < -0.39 is 0 Å². The minimum atomic E-state index is -0.216. The number of rotatable bonds is 2. The molecule has 2 aromatic rings. The van der Waals surface area contributed by atoms with Crippen LogP contribution in [0.3, 0.4) is 0 Å². The van der Waals surface area contributed by atoms with E-state index in [1.807, 2.05) is 19.9 Å². The van der Waals surface area contributed by atoms with Crippen molar-refractivity contribution in [3.8, 4) is 0 Å². The minimum Gasteiger partial charge on any atom is -0.285 e. The van der Waals surface area contributed by atoms with E-state index in [4.69, 9.17) is 11.6 Å². The number of aromatic nitrogens is 2. The number of nitrogens with zero attached hydrogens (tertiary/aromatic N) is 2. The summed E-state index contributed by atoms with van der Waals surface area (Å²) in [6.07, 6.45) is 3.24. The molecule has 0 aliphatic rings. The van der Waals surface area contributed by atoms with Crippen molar-refractivity contribution in [1.82, 2.24) is 9.97 Å². The molecule has 0 unspecified atom stereocenters. The van der Waals surface area contributed by atoms with E-state index in [2.05, 4.69) is 9.97 Å². The van der Waals surface area contributed by atoms with Gasteiger partial charge in [0.15, 0.2) is 0 Å². The maximum absolute atomic E-state index is 12.0. The molecule has 0 N–H and O–H groups in total. The summed E-state index contributed by atoms with van der Waals surface area (Å²) in [6, 6.07) is 5.18. The van der Waals surface area contributed by atoms with Crippen LogP contribution in [0.15, 0.2) is 30.6 Å². The van der Waals surface area contributed by atoms with Crippen LogP contribution in [-0.2, 0) is 0 Å². The number of carbonyl (C=O) groups is 1. The number of aryl methyl sites for hydroxylation is 2. The highest BCUT2D eigenvalue weighted by molar-refractivity contribution is 6.31. The second kappa shape index (κ2) is 4.63. The van der Waals surface area contributed by atoms with Crippen LogP contribution >= 0.6 is 11.6 Å². The summed E-state index contributed by atoms with van der Waals surface area (Å²) in [5.74, 6) is -0.0255. The van der Waals surface area contributed by atoms with Crippen LogP contribution in [0.1, 0.15) is 27.3 Å². The summed E-state index contributed by atoms with van der Waals surface area (Å²) in [4.78, 5) is 20.0. The normalized spacial score (nSPS) is 10.3. The Hall–Kier alpha value is -1.74. The molecule has 0 bridgehead atoms. The predicted octanol–water partition coefficient (Wildman–Crippen LogP) is 2.98. The van der Waals surface area contributed by atoms with Gasteiger partial charge in [-0.3, -0.25) is 4.79 Å². The van der Waals surface area contributed by atoms with Gasteiger partial charge >= 0.3 is 0 Å². The zero-order valence-corrected chi connectivity index (χ0v) is 10.3. The van der Waals surface area contributed by atoms with Crippen LogP contribution in [-0.4, -0.2) is 15.8 Å². The van der Waals surface area contributed by atoms with Crippen molar-refractivity contribution in [2.45, 2.75) is 13.8 Å². The largest absolute Gasteiger partial charge is 0.285 e. The minimum absolute atomic E-state index is 0.190. The Morgan fingerprint density at radius 2 is 1.82 bits per heavy atom. The van der Waals surface area contributed by atoms with Crippen molar-refractivity contribution >= 4 is 17.4 Å². The standard InChI is InChI=1S/C13H11ClN2O/c1-8-6-15-13(16-7-8)12(17)10-4-3-9(2)11(14)5-10/h3-7H,1-2H3. The van der Waals surface area contributed by atoms with Gasteiger partial charge in [0, 0.05) is 23.0 Å². The molecule has 0 aliphatic carbocycles. The Bertz CT molecular complexity index is 564. The lowest BCUT2D eigenvalue weighted by Crippen LogP contribution is -2.07. The Morgan fingerprint density at radius 1 is 1.18 bits per heavy atom. The molecular formula is C13H11ClN2O. The quantitative estimate of drug-likeness (QED) is 0.765. The fraction of sp³-hybridized carbons (Fsp3) is 0.154. The number of halogens is 1. The fourth-order valence-corrected chi connectivity index (χ4v) is 1.55. The van der Waals surface area contributed by atoms with Gasteiger partial charge < -0.3 is 0 Å². The summed E-state index contributed by atoms with van der Waals surface area (Å²) in [5.41, 5.74) is 2.36. The first-order valence-electron chi connectivity index (χ1n) is 5.17. The molecule has 3 nitrogen and oxygen atoms in total. The highest BCUT2D eigenvalue weighted by atomic mass is 35.5. The van der Waals surface area contributed by atoms with Crippen LogP contribution in [0.4, 0.5) is 0 Å². The van der Waals surface area contributed by atoms with E-state index in [1.165, 1.54) is 0 Å². The van der Waals surface area contributed by atoms with Crippen molar-refractivity contribution in [3.05, 3.63) is 58.1 Å². The Balaban J connectivity index is 2.37. The second-order valence-electron chi connectivity index (χ2n) is 3.88. The summed E-state index contributed by atoms with van der Waals surface area (Å²) in [7, 11) is 0. The fourth-order valence-electron chi connectivity index (χ4n) is 1.37. The number of hydrogen-bond donors (Lipinski definition) is 0. The zero-order chi connectivity index (χ0) is 12.4. The molecule has 0 aliphatic heterocycles. The molecule has 86 valence electrons.